The average Bonchev–Trinajstić information content (AvgIpc) is 3.46. The Morgan fingerprint density at radius 2 is 1.97 bits per heavy atom. The van der Waals surface area contributed by atoms with Crippen molar-refractivity contribution in [3.05, 3.63) is 83.0 Å². The third-order valence-electron chi connectivity index (χ3n) is 5.45. The lowest BCUT2D eigenvalue weighted by atomic mass is 10.1. The van der Waals surface area contributed by atoms with Crippen molar-refractivity contribution in [3.63, 3.8) is 0 Å². The Morgan fingerprint density at radius 1 is 1.17 bits per heavy atom. The van der Waals surface area contributed by atoms with Crippen LogP contribution in [-0.2, 0) is 17.9 Å². The van der Waals surface area contributed by atoms with E-state index in [2.05, 4.69) is 40.1 Å². The number of hydrogen-bond donors (Lipinski definition) is 1. The lowest BCUT2D eigenvalue weighted by Crippen LogP contribution is -2.15. The Hall–Kier alpha value is -3.43. The van der Waals surface area contributed by atoms with E-state index in [0.717, 1.165) is 22.6 Å². The molecule has 2 aromatic heterocycles. The highest BCUT2D eigenvalue weighted by Crippen LogP contribution is 2.26. The Bertz CT molecular complexity index is 1330. The van der Waals surface area contributed by atoms with E-state index >= 15 is 0 Å². The zero-order valence-corrected chi connectivity index (χ0v) is 21.6. The molecule has 4 rings (SSSR count). The molecule has 0 fully saturated rings. The molecule has 0 spiro atoms. The van der Waals surface area contributed by atoms with Crippen molar-refractivity contribution >= 4 is 34.1 Å². The Balaban J connectivity index is 1.36. The number of benzene rings is 2. The predicted molar refractivity (Wildman–Crippen MR) is 142 cm³/mol. The third-order valence-corrected chi connectivity index (χ3v) is 7.17. The Morgan fingerprint density at radius 3 is 2.74 bits per heavy atom. The molecule has 9 heteroatoms. The number of hydrogen-bond acceptors (Lipinski definition) is 7. The predicted octanol–water partition coefficient (Wildman–Crippen LogP) is 5.82. The number of carbonyl (C=O) groups excluding carboxylic acids is 1. The lowest BCUT2D eigenvalue weighted by molar-refractivity contribution is -0.113. The number of aromatic nitrogens is 4. The first-order valence-electron chi connectivity index (χ1n) is 11.1. The van der Waals surface area contributed by atoms with Gasteiger partial charge in [0.15, 0.2) is 16.1 Å². The fourth-order valence-corrected chi connectivity index (χ4v) is 4.84. The standard InChI is InChI=1S/C26H27N5O2S2/c1-5-13-31-23(14-33-22-8-6-7-18(3)19(22)4)29-30-26(31)35-16-24(32)28-25-27-21(15-34-25)20-11-9-17(2)10-12-20/h5-12,15H,1,13-14,16H2,2-4H3,(H,27,28,32). The summed E-state index contributed by atoms with van der Waals surface area (Å²) in [5.74, 6) is 1.53. The summed E-state index contributed by atoms with van der Waals surface area (Å²) in [6.45, 7) is 10.8. The number of thioether (sulfide) groups is 1. The van der Waals surface area contributed by atoms with Crippen LogP contribution in [0.25, 0.3) is 11.3 Å². The average molecular weight is 506 g/mol. The van der Waals surface area contributed by atoms with Gasteiger partial charge in [-0.05, 0) is 38.0 Å². The van der Waals surface area contributed by atoms with Crippen LogP contribution in [0.5, 0.6) is 5.75 Å². The molecule has 1 amide bonds. The first-order valence-corrected chi connectivity index (χ1v) is 13.0. The summed E-state index contributed by atoms with van der Waals surface area (Å²) in [6, 6.07) is 14.1. The molecule has 0 aliphatic rings. The molecule has 0 atom stereocenters. The second-order valence-corrected chi connectivity index (χ2v) is 9.83. The molecule has 2 heterocycles. The van der Waals surface area contributed by atoms with E-state index in [9.17, 15) is 4.79 Å². The van der Waals surface area contributed by atoms with Crippen molar-refractivity contribution in [1.82, 2.24) is 19.7 Å². The summed E-state index contributed by atoms with van der Waals surface area (Å²) >= 11 is 2.72. The molecule has 0 bridgehead atoms. The normalized spacial score (nSPS) is 10.8. The quantitative estimate of drug-likeness (QED) is 0.216. The van der Waals surface area contributed by atoms with Gasteiger partial charge in [0.25, 0.3) is 0 Å². The van der Waals surface area contributed by atoms with Crippen LogP contribution < -0.4 is 10.1 Å². The van der Waals surface area contributed by atoms with Gasteiger partial charge in [-0.1, -0.05) is 59.8 Å². The van der Waals surface area contributed by atoms with Crippen LogP contribution in [-0.4, -0.2) is 31.4 Å². The molecule has 35 heavy (non-hydrogen) atoms. The van der Waals surface area contributed by atoms with Crippen molar-refractivity contribution in [3.8, 4) is 17.0 Å². The molecule has 2 aromatic carbocycles. The Kier molecular flexibility index (Phi) is 7.99. The molecular formula is C26H27N5O2S2. The molecule has 0 saturated carbocycles. The number of amides is 1. The molecule has 0 aliphatic carbocycles. The van der Waals surface area contributed by atoms with E-state index in [1.54, 1.807) is 6.08 Å². The summed E-state index contributed by atoms with van der Waals surface area (Å²) in [5, 5.41) is 14.6. The minimum absolute atomic E-state index is 0.152. The van der Waals surface area contributed by atoms with Crippen LogP contribution in [0, 0.1) is 20.8 Å². The number of nitrogens with one attached hydrogen (secondary N) is 1. The molecule has 4 aromatic rings. The largest absolute Gasteiger partial charge is 0.485 e. The van der Waals surface area contributed by atoms with Gasteiger partial charge < -0.3 is 10.1 Å². The van der Waals surface area contributed by atoms with E-state index in [1.807, 2.05) is 60.2 Å². The van der Waals surface area contributed by atoms with E-state index in [0.29, 0.717) is 22.7 Å². The smallest absolute Gasteiger partial charge is 0.236 e. The third kappa shape index (κ3) is 6.17. The maximum Gasteiger partial charge on any atom is 0.236 e. The van der Waals surface area contributed by atoms with Crippen molar-refractivity contribution in [1.29, 1.82) is 0 Å². The fourth-order valence-electron chi connectivity index (χ4n) is 3.34. The van der Waals surface area contributed by atoms with Crippen LogP contribution in [0.4, 0.5) is 5.13 Å². The summed E-state index contributed by atoms with van der Waals surface area (Å²) in [7, 11) is 0. The Labute approximate surface area is 213 Å². The maximum absolute atomic E-state index is 12.6. The highest BCUT2D eigenvalue weighted by Gasteiger charge is 2.15. The van der Waals surface area contributed by atoms with Gasteiger partial charge in [-0.15, -0.1) is 28.1 Å². The van der Waals surface area contributed by atoms with E-state index in [1.165, 1.54) is 34.2 Å². The minimum Gasteiger partial charge on any atom is -0.485 e. The van der Waals surface area contributed by atoms with E-state index < -0.39 is 0 Å². The van der Waals surface area contributed by atoms with Crippen LogP contribution >= 0.6 is 23.1 Å². The highest BCUT2D eigenvalue weighted by atomic mass is 32.2. The first kappa shape index (κ1) is 24.7. The fraction of sp³-hybridized carbons (Fsp3) is 0.231. The number of rotatable bonds is 10. The minimum atomic E-state index is -0.152. The maximum atomic E-state index is 12.6. The number of ether oxygens (including phenoxy) is 1. The first-order chi connectivity index (χ1) is 16.9. The van der Waals surface area contributed by atoms with Gasteiger partial charge in [-0.2, -0.15) is 0 Å². The number of allylic oxidation sites excluding steroid dienone is 1. The molecule has 0 aliphatic heterocycles. The summed E-state index contributed by atoms with van der Waals surface area (Å²) in [4.78, 5) is 17.1. The van der Waals surface area contributed by atoms with Crippen molar-refractivity contribution < 1.29 is 9.53 Å². The van der Waals surface area contributed by atoms with Gasteiger partial charge in [0, 0.05) is 17.5 Å². The summed E-state index contributed by atoms with van der Waals surface area (Å²) in [6.07, 6.45) is 1.77. The lowest BCUT2D eigenvalue weighted by Gasteiger charge is -2.12. The second kappa shape index (κ2) is 11.3. The summed E-state index contributed by atoms with van der Waals surface area (Å²) < 4.78 is 7.91. The topological polar surface area (TPSA) is 81.9 Å². The second-order valence-electron chi connectivity index (χ2n) is 8.03. The number of thiazole rings is 1. The molecule has 7 nitrogen and oxygen atoms in total. The van der Waals surface area contributed by atoms with Gasteiger partial charge >= 0.3 is 0 Å². The molecule has 0 radical (unpaired) electrons. The molecule has 1 N–H and O–H groups in total. The highest BCUT2D eigenvalue weighted by molar-refractivity contribution is 7.99. The SMILES string of the molecule is C=CCn1c(COc2cccc(C)c2C)nnc1SCC(=O)Nc1nc(-c2ccc(C)cc2)cs1. The number of carbonyl (C=O) groups is 1. The zero-order valence-electron chi connectivity index (χ0n) is 19.9. The van der Waals surface area contributed by atoms with Crippen molar-refractivity contribution in [2.45, 2.75) is 39.1 Å². The molecular weight excluding hydrogens is 478 g/mol. The van der Waals surface area contributed by atoms with E-state index in [4.69, 9.17) is 4.74 Å². The number of nitrogens with zero attached hydrogens (tertiary/aromatic N) is 4. The molecule has 180 valence electrons. The van der Waals surface area contributed by atoms with E-state index in [-0.39, 0.29) is 18.3 Å². The van der Waals surface area contributed by atoms with Crippen LogP contribution in [0.3, 0.4) is 0 Å². The van der Waals surface area contributed by atoms with Crippen LogP contribution in [0.1, 0.15) is 22.5 Å². The summed E-state index contributed by atoms with van der Waals surface area (Å²) in [5.41, 5.74) is 5.33. The molecule has 0 unspecified atom stereocenters. The van der Waals surface area contributed by atoms with Gasteiger partial charge in [0.2, 0.25) is 5.91 Å². The zero-order chi connectivity index (χ0) is 24.8. The van der Waals surface area contributed by atoms with Crippen molar-refractivity contribution in [2.24, 2.45) is 0 Å². The van der Waals surface area contributed by atoms with Crippen molar-refractivity contribution in [2.75, 3.05) is 11.1 Å². The van der Waals surface area contributed by atoms with Gasteiger partial charge in [0.05, 0.1) is 11.4 Å². The molecule has 0 saturated heterocycles. The van der Waals surface area contributed by atoms with Gasteiger partial charge in [-0.25, -0.2) is 4.98 Å². The van der Waals surface area contributed by atoms with Gasteiger partial charge in [-0.3, -0.25) is 9.36 Å². The monoisotopic (exact) mass is 505 g/mol. The van der Waals surface area contributed by atoms with Crippen LogP contribution in [0.15, 0.2) is 65.7 Å². The van der Waals surface area contributed by atoms with Gasteiger partial charge in [0.1, 0.15) is 12.4 Å². The number of anilines is 1. The number of aryl methyl sites for hydroxylation is 2. The van der Waals surface area contributed by atoms with Crippen LogP contribution in [0.2, 0.25) is 0 Å².